The predicted molar refractivity (Wildman–Crippen MR) is 60.7 cm³/mol. The lowest BCUT2D eigenvalue weighted by molar-refractivity contribution is -0.181. The standard InChI is InChI=1S/C9H6ClF4NO5S/c10-4-1-5(8(16)17)7(11)6(2-4)21(18,19)15-20-3-9(12,13)14/h1-2,15H,3H2,(H,16,17). The smallest absolute Gasteiger partial charge is 0.413 e. The molecule has 2 N–H and O–H groups in total. The van der Waals surface area contributed by atoms with Crippen LogP contribution in [-0.4, -0.2) is 32.3 Å². The monoisotopic (exact) mass is 351 g/mol. The molecule has 0 aliphatic rings. The van der Waals surface area contributed by atoms with Gasteiger partial charge in [-0.1, -0.05) is 16.5 Å². The van der Waals surface area contributed by atoms with Crippen LogP contribution in [0.15, 0.2) is 17.0 Å². The van der Waals surface area contributed by atoms with E-state index in [9.17, 15) is 30.8 Å². The average Bonchev–Trinajstić information content (AvgIpc) is 2.29. The second-order valence-corrected chi connectivity index (χ2v) is 5.61. The van der Waals surface area contributed by atoms with Crippen LogP contribution in [0.3, 0.4) is 0 Å². The third-order valence-electron chi connectivity index (χ3n) is 1.93. The summed E-state index contributed by atoms with van der Waals surface area (Å²) in [6.45, 7) is -1.96. The minimum absolute atomic E-state index is 0.440. The molecule has 0 aliphatic heterocycles. The van der Waals surface area contributed by atoms with E-state index in [-0.39, 0.29) is 0 Å². The quantitative estimate of drug-likeness (QED) is 0.625. The summed E-state index contributed by atoms with van der Waals surface area (Å²) in [5.41, 5.74) is -1.06. The van der Waals surface area contributed by atoms with E-state index in [1.54, 1.807) is 0 Å². The molecular formula is C9H6ClF4NO5S. The zero-order chi connectivity index (χ0) is 16.4. The number of alkyl halides is 3. The molecule has 0 radical (unpaired) electrons. The van der Waals surface area contributed by atoms with Crippen molar-refractivity contribution >= 4 is 27.6 Å². The van der Waals surface area contributed by atoms with Crippen molar-refractivity contribution in [1.29, 1.82) is 0 Å². The van der Waals surface area contributed by atoms with Gasteiger partial charge in [0.05, 0.1) is 5.56 Å². The molecule has 1 aromatic rings. The normalized spacial score (nSPS) is 12.4. The van der Waals surface area contributed by atoms with Crippen molar-refractivity contribution < 1.29 is 40.7 Å². The number of sulfonamides is 1. The summed E-state index contributed by atoms with van der Waals surface area (Å²) in [4.78, 5) is 14.2. The fourth-order valence-corrected chi connectivity index (χ4v) is 2.36. The lowest BCUT2D eigenvalue weighted by Crippen LogP contribution is -2.30. The molecule has 0 saturated heterocycles. The van der Waals surface area contributed by atoms with E-state index in [0.717, 1.165) is 4.89 Å². The molecule has 0 aromatic heterocycles. The highest BCUT2D eigenvalue weighted by molar-refractivity contribution is 7.89. The van der Waals surface area contributed by atoms with Gasteiger partial charge in [-0.2, -0.15) is 13.2 Å². The number of nitrogens with one attached hydrogen (secondary N) is 1. The van der Waals surface area contributed by atoms with Crippen molar-refractivity contribution in [3.63, 3.8) is 0 Å². The number of hydrogen-bond acceptors (Lipinski definition) is 4. The van der Waals surface area contributed by atoms with Crippen molar-refractivity contribution in [2.75, 3.05) is 6.61 Å². The number of aromatic carboxylic acids is 1. The van der Waals surface area contributed by atoms with Gasteiger partial charge in [-0.15, -0.1) is 0 Å². The van der Waals surface area contributed by atoms with Crippen LogP contribution in [0.4, 0.5) is 17.6 Å². The topological polar surface area (TPSA) is 92.7 Å². The number of carboxylic acid groups (broad SMARTS) is 1. The van der Waals surface area contributed by atoms with Gasteiger partial charge >= 0.3 is 12.1 Å². The van der Waals surface area contributed by atoms with Crippen LogP contribution in [-0.2, 0) is 14.9 Å². The molecule has 1 aromatic carbocycles. The van der Waals surface area contributed by atoms with E-state index in [4.69, 9.17) is 16.7 Å². The Morgan fingerprint density at radius 1 is 1.38 bits per heavy atom. The highest BCUT2D eigenvalue weighted by Crippen LogP contribution is 2.24. The Balaban J connectivity index is 3.12. The van der Waals surface area contributed by atoms with Crippen molar-refractivity contribution in [1.82, 2.24) is 4.89 Å². The molecule has 0 heterocycles. The summed E-state index contributed by atoms with van der Waals surface area (Å²) < 4.78 is 72.3. The van der Waals surface area contributed by atoms with Crippen LogP contribution < -0.4 is 4.89 Å². The molecule has 12 heteroatoms. The van der Waals surface area contributed by atoms with Gasteiger partial charge in [0.1, 0.15) is 4.90 Å². The first-order chi connectivity index (χ1) is 9.44. The zero-order valence-corrected chi connectivity index (χ0v) is 11.3. The maximum absolute atomic E-state index is 13.7. The second-order valence-electron chi connectivity index (χ2n) is 3.56. The van der Waals surface area contributed by atoms with E-state index in [0.29, 0.717) is 12.1 Å². The van der Waals surface area contributed by atoms with Crippen LogP contribution in [0.5, 0.6) is 0 Å². The van der Waals surface area contributed by atoms with Gasteiger partial charge in [0.25, 0.3) is 10.0 Å². The summed E-state index contributed by atoms with van der Waals surface area (Å²) in [6.07, 6.45) is -4.82. The molecule has 1 rings (SSSR count). The number of carboxylic acids is 1. The summed E-state index contributed by atoms with van der Waals surface area (Å²) in [5, 5.41) is 8.23. The van der Waals surface area contributed by atoms with Gasteiger partial charge in [-0.3, -0.25) is 4.84 Å². The summed E-state index contributed by atoms with van der Waals surface area (Å²) in [5.74, 6) is -3.49. The van der Waals surface area contributed by atoms with Crippen LogP contribution in [0.1, 0.15) is 10.4 Å². The van der Waals surface area contributed by atoms with Gasteiger partial charge in [0, 0.05) is 5.02 Å². The maximum Gasteiger partial charge on any atom is 0.413 e. The molecule has 0 bridgehead atoms. The molecule has 0 aliphatic carbocycles. The van der Waals surface area contributed by atoms with E-state index in [1.165, 1.54) is 0 Å². The van der Waals surface area contributed by atoms with Crippen LogP contribution in [0.2, 0.25) is 5.02 Å². The van der Waals surface area contributed by atoms with E-state index in [1.807, 2.05) is 0 Å². The number of rotatable bonds is 5. The molecule has 0 fully saturated rings. The molecule has 118 valence electrons. The first-order valence-electron chi connectivity index (χ1n) is 4.87. The predicted octanol–water partition coefficient (Wildman–Crippen LogP) is 1.95. The third kappa shape index (κ3) is 4.81. The SMILES string of the molecule is O=C(O)c1cc(Cl)cc(S(=O)(=O)NOCC(F)(F)F)c1F. The molecule has 6 nitrogen and oxygen atoms in total. The Bertz CT molecular complexity index is 661. The van der Waals surface area contributed by atoms with E-state index < -0.39 is 50.1 Å². The Labute approximate surface area is 120 Å². The van der Waals surface area contributed by atoms with Gasteiger partial charge in [0.15, 0.2) is 12.4 Å². The lowest BCUT2D eigenvalue weighted by atomic mass is 10.2. The first kappa shape index (κ1) is 17.6. The van der Waals surface area contributed by atoms with Gasteiger partial charge in [0.2, 0.25) is 0 Å². The summed E-state index contributed by atoms with van der Waals surface area (Å²) >= 11 is 5.44. The van der Waals surface area contributed by atoms with Crippen molar-refractivity contribution in [2.45, 2.75) is 11.1 Å². The van der Waals surface area contributed by atoms with Crippen LogP contribution in [0, 0.1) is 5.82 Å². The van der Waals surface area contributed by atoms with E-state index in [2.05, 4.69) is 4.84 Å². The number of hydrogen-bond donors (Lipinski definition) is 2. The molecule has 0 amide bonds. The zero-order valence-electron chi connectivity index (χ0n) is 9.74. The number of carbonyl (C=O) groups is 1. The molecule has 0 saturated carbocycles. The van der Waals surface area contributed by atoms with Crippen molar-refractivity contribution in [3.05, 3.63) is 28.5 Å². The first-order valence-corrected chi connectivity index (χ1v) is 6.73. The Kier molecular flexibility index (Phi) is 5.15. The Morgan fingerprint density at radius 2 is 1.95 bits per heavy atom. The number of halogens is 5. The molecule has 0 unspecified atom stereocenters. The largest absolute Gasteiger partial charge is 0.478 e. The van der Waals surface area contributed by atoms with Crippen molar-refractivity contribution in [2.24, 2.45) is 0 Å². The molecule has 0 atom stereocenters. The average molecular weight is 352 g/mol. The molecule has 0 spiro atoms. The fourth-order valence-electron chi connectivity index (χ4n) is 1.15. The van der Waals surface area contributed by atoms with Crippen LogP contribution >= 0.6 is 11.6 Å². The van der Waals surface area contributed by atoms with Crippen molar-refractivity contribution in [3.8, 4) is 0 Å². The Hall–Kier alpha value is -1.43. The highest BCUT2D eigenvalue weighted by atomic mass is 35.5. The van der Waals surface area contributed by atoms with Crippen LogP contribution in [0.25, 0.3) is 0 Å². The maximum atomic E-state index is 13.7. The summed E-state index contributed by atoms with van der Waals surface area (Å²) in [6, 6.07) is 1.18. The van der Waals surface area contributed by atoms with E-state index >= 15 is 0 Å². The second kappa shape index (κ2) is 6.13. The third-order valence-corrected chi connectivity index (χ3v) is 3.36. The number of benzene rings is 1. The minimum Gasteiger partial charge on any atom is -0.478 e. The lowest BCUT2D eigenvalue weighted by Gasteiger charge is -2.11. The Morgan fingerprint density at radius 3 is 2.43 bits per heavy atom. The fraction of sp³-hybridized carbons (Fsp3) is 0.222. The van der Waals surface area contributed by atoms with Gasteiger partial charge in [-0.25, -0.2) is 17.6 Å². The summed E-state index contributed by atoms with van der Waals surface area (Å²) in [7, 11) is -4.89. The van der Waals surface area contributed by atoms with Gasteiger partial charge in [-0.05, 0) is 12.1 Å². The molecular weight excluding hydrogens is 346 g/mol. The highest BCUT2D eigenvalue weighted by Gasteiger charge is 2.30. The minimum atomic E-state index is -4.89. The molecule has 21 heavy (non-hydrogen) atoms. The van der Waals surface area contributed by atoms with Gasteiger partial charge < -0.3 is 5.11 Å².